The SMILES string of the molecule is CCc1nnc(NC(=O)CNC(C)C)nc1CC. The number of nitrogens with one attached hydrogen (secondary N) is 2. The van der Waals surface area contributed by atoms with E-state index in [9.17, 15) is 4.79 Å². The highest BCUT2D eigenvalue weighted by Gasteiger charge is 2.09. The first-order valence-electron chi connectivity index (χ1n) is 6.32. The van der Waals surface area contributed by atoms with Crippen LogP contribution in [-0.2, 0) is 17.6 Å². The molecule has 0 spiro atoms. The molecule has 0 unspecified atom stereocenters. The van der Waals surface area contributed by atoms with Gasteiger partial charge in [-0.25, -0.2) is 4.98 Å². The predicted octanol–water partition coefficient (Wildman–Crippen LogP) is 0.933. The Morgan fingerprint density at radius 1 is 1.17 bits per heavy atom. The molecule has 18 heavy (non-hydrogen) atoms. The summed E-state index contributed by atoms with van der Waals surface area (Å²) >= 11 is 0. The van der Waals surface area contributed by atoms with E-state index in [2.05, 4.69) is 25.8 Å². The van der Waals surface area contributed by atoms with Crippen LogP contribution in [0.5, 0.6) is 0 Å². The smallest absolute Gasteiger partial charge is 0.249 e. The molecule has 0 aliphatic heterocycles. The molecule has 1 rings (SSSR count). The number of nitrogens with zero attached hydrogens (tertiary/aromatic N) is 3. The second-order valence-corrected chi connectivity index (χ2v) is 4.32. The van der Waals surface area contributed by atoms with Crippen molar-refractivity contribution in [2.24, 2.45) is 0 Å². The van der Waals surface area contributed by atoms with E-state index in [0.717, 1.165) is 24.2 Å². The highest BCUT2D eigenvalue weighted by Crippen LogP contribution is 2.06. The van der Waals surface area contributed by atoms with Gasteiger partial charge in [0, 0.05) is 6.04 Å². The molecule has 1 heterocycles. The highest BCUT2D eigenvalue weighted by molar-refractivity contribution is 5.90. The first-order valence-corrected chi connectivity index (χ1v) is 6.32. The molecule has 0 aliphatic carbocycles. The Bertz CT molecular complexity index is 405. The van der Waals surface area contributed by atoms with Crippen molar-refractivity contribution in [3.8, 4) is 0 Å². The lowest BCUT2D eigenvalue weighted by molar-refractivity contribution is -0.115. The van der Waals surface area contributed by atoms with Crippen molar-refractivity contribution in [2.45, 2.75) is 46.6 Å². The summed E-state index contributed by atoms with van der Waals surface area (Å²) in [5, 5.41) is 13.6. The van der Waals surface area contributed by atoms with Crippen molar-refractivity contribution in [3.63, 3.8) is 0 Å². The van der Waals surface area contributed by atoms with Gasteiger partial charge < -0.3 is 5.32 Å². The summed E-state index contributed by atoms with van der Waals surface area (Å²) in [4.78, 5) is 15.9. The van der Waals surface area contributed by atoms with Gasteiger partial charge in [-0.2, -0.15) is 0 Å². The third-order valence-electron chi connectivity index (χ3n) is 2.43. The number of anilines is 1. The van der Waals surface area contributed by atoms with Gasteiger partial charge in [0.2, 0.25) is 11.9 Å². The molecule has 0 saturated carbocycles. The number of carbonyl (C=O) groups excluding carboxylic acids is 1. The van der Waals surface area contributed by atoms with Crippen molar-refractivity contribution >= 4 is 11.9 Å². The summed E-state index contributed by atoms with van der Waals surface area (Å²) in [5.41, 5.74) is 1.77. The molecule has 1 aromatic rings. The largest absolute Gasteiger partial charge is 0.306 e. The van der Waals surface area contributed by atoms with Crippen LogP contribution < -0.4 is 10.6 Å². The maximum Gasteiger partial charge on any atom is 0.249 e. The molecular weight excluding hydrogens is 230 g/mol. The Balaban J connectivity index is 2.64. The van der Waals surface area contributed by atoms with Gasteiger partial charge in [-0.15, -0.1) is 10.2 Å². The van der Waals surface area contributed by atoms with Crippen LogP contribution in [0, 0.1) is 0 Å². The first-order chi connectivity index (χ1) is 8.56. The third kappa shape index (κ3) is 4.37. The van der Waals surface area contributed by atoms with Crippen molar-refractivity contribution in [3.05, 3.63) is 11.4 Å². The lowest BCUT2D eigenvalue weighted by Crippen LogP contribution is -2.33. The number of rotatable bonds is 6. The molecule has 0 atom stereocenters. The van der Waals surface area contributed by atoms with Crippen LogP contribution in [0.15, 0.2) is 0 Å². The fourth-order valence-corrected chi connectivity index (χ4v) is 1.46. The number of hydrogen-bond donors (Lipinski definition) is 2. The second kappa shape index (κ2) is 7.00. The number of hydrogen-bond acceptors (Lipinski definition) is 5. The van der Waals surface area contributed by atoms with Crippen molar-refractivity contribution in [1.29, 1.82) is 0 Å². The van der Waals surface area contributed by atoms with E-state index in [4.69, 9.17) is 0 Å². The van der Waals surface area contributed by atoms with Gasteiger partial charge in [-0.05, 0) is 12.8 Å². The van der Waals surface area contributed by atoms with Gasteiger partial charge in [-0.1, -0.05) is 27.7 Å². The fourth-order valence-electron chi connectivity index (χ4n) is 1.46. The Morgan fingerprint density at radius 3 is 2.39 bits per heavy atom. The number of aromatic nitrogens is 3. The maximum absolute atomic E-state index is 11.6. The van der Waals surface area contributed by atoms with Gasteiger partial charge >= 0.3 is 0 Å². The van der Waals surface area contributed by atoms with Gasteiger partial charge in [-0.3, -0.25) is 10.1 Å². The summed E-state index contributed by atoms with van der Waals surface area (Å²) in [6, 6.07) is 0.267. The van der Waals surface area contributed by atoms with Crippen molar-refractivity contribution in [1.82, 2.24) is 20.5 Å². The zero-order valence-corrected chi connectivity index (χ0v) is 11.4. The van der Waals surface area contributed by atoms with Crippen LogP contribution in [0.25, 0.3) is 0 Å². The van der Waals surface area contributed by atoms with Gasteiger partial charge in [0.05, 0.1) is 17.9 Å². The minimum atomic E-state index is -0.156. The Labute approximate surface area is 108 Å². The van der Waals surface area contributed by atoms with Gasteiger partial charge in [0.15, 0.2) is 0 Å². The van der Waals surface area contributed by atoms with Crippen LogP contribution in [-0.4, -0.2) is 33.7 Å². The average molecular weight is 251 g/mol. The molecule has 100 valence electrons. The molecule has 2 N–H and O–H groups in total. The quantitative estimate of drug-likeness (QED) is 0.786. The van der Waals surface area contributed by atoms with E-state index in [1.807, 2.05) is 27.7 Å². The zero-order chi connectivity index (χ0) is 13.5. The number of amides is 1. The molecule has 0 saturated heterocycles. The first kappa shape index (κ1) is 14.5. The van der Waals surface area contributed by atoms with Crippen molar-refractivity contribution < 1.29 is 4.79 Å². The minimum absolute atomic E-state index is 0.156. The van der Waals surface area contributed by atoms with E-state index in [1.165, 1.54) is 0 Å². The van der Waals surface area contributed by atoms with Gasteiger partial charge in [0.25, 0.3) is 0 Å². The number of carbonyl (C=O) groups is 1. The lowest BCUT2D eigenvalue weighted by atomic mass is 10.2. The Hall–Kier alpha value is -1.56. The maximum atomic E-state index is 11.6. The average Bonchev–Trinajstić information content (AvgIpc) is 2.36. The molecule has 0 aliphatic rings. The third-order valence-corrected chi connectivity index (χ3v) is 2.43. The summed E-state index contributed by atoms with van der Waals surface area (Å²) < 4.78 is 0. The van der Waals surface area contributed by atoms with Crippen LogP contribution in [0.3, 0.4) is 0 Å². The summed E-state index contributed by atoms with van der Waals surface area (Å²) in [6.07, 6.45) is 1.58. The summed E-state index contributed by atoms with van der Waals surface area (Å²) in [6.45, 7) is 8.23. The molecule has 0 fully saturated rings. The molecule has 1 aromatic heterocycles. The minimum Gasteiger partial charge on any atom is -0.306 e. The lowest BCUT2D eigenvalue weighted by Gasteiger charge is -2.09. The summed E-state index contributed by atoms with van der Waals surface area (Å²) in [5.74, 6) is 0.122. The molecule has 1 amide bonds. The van der Waals surface area contributed by atoms with E-state index < -0.39 is 0 Å². The molecule has 6 heteroatoms. The second-order valence-electron chi connectivity index (χ2n) is 4.32. The molecule has 0 bridgehead atoms. The van der Waals surface area contributed by atoms with Crippen molar-refractivity contribution in [2.75, 3.05) is 11.9 Å². The van der Waals surface area contributed by atoms with E-state index >= 15 is 0 Å². The number of aryl methyl sites for hydroxylation is 2. The standard InChI is InChI=1S/C12H21N5O/c1-5-9-10(6-2)16-17-12(14-9)15-11(18)7-13-8(3)4/h8,13H,5-7H2,1-4H3,(H,14,15,17,18). The normalized spacial score (nSPS) is 10.7. The van der Waals surface area contributed by atoms with E-state index in [0.29, 0.717) is 0 Å². The predicted molar refractivity (Wildman–Crippen MR) is 70.4 cm³/mol. The topological polar surface area (TPSA) is 79.8 Å². The summed E-state index contributed by atoms with van der Waals surface area (Å²) in [7, 11) is 0. The monoisotopic (exact) mass is 251 g/mol. The van der Waals surface area contributed by atoms with Crippen LogP contribution in [0.4, 0.5) is 5.95 Å². The molecule has 0 radical (unpaired) electrons. The Morgan fingerprint density at radius 2 is 1.83 bits per heavy atom. The van der Waals surface area contributed by atoms with E-state index in [-0.39, 0.29) is 24.4 Å². The van der Waals surface area contributed by atoms with Crippen LogP contribution in [0.1, 0.15) is 39.1 Å². The highest BCUT2D eigenvalue weighted by atomic mass is 16.2. The van der Waals surface area contributed by atoms with Crippen LogP contribution in [0.2, 0.25) is 0 Å². The van der Waals surface area contributed by atoms with Crippen LogP contribution >= 0.6 is 0 Å². The van der Waals surface area contributed by atoms with Gasteiger partial charge in [0.1, 0.15) is 0 Å². The fraction of sp³-hybridized carbons (Fsp3) is 0.667. The molecular formula is C12H21N5O. The van der Waals surface area contributed by atoms with E-state index in [1.54, 1.807) is 0 Å². The zero-order valence-electron chi connectivity index (χ0n) is 11.4. The molecule has 0 aromatic carbocycles. The molecule has 6 nitrogen and oxygen atoms in total. The Kier molecular flexibility index (Phi) is 5.64.